The molecule has 0 heterocycles. The van der Waals surface area contributed by atoms with E-state index in [4.69, 9.17) is 0 Å². The first kappa shape index (κ1) is 6.53. The van der Waals surface area contributed by atoms with E-state index in [0.717, 1.165) is 0 Å². The van der Waals surface area contributed by atoms with E-state index in [1.165, 1.54) is 6.08 Å². The SMILES string of the molecule is CC1C=CC(F)=C[C@@H]1C. The van der Waals surface area contributed by atoms with Gasteiger partial charge >= 0.3 is 0 Å². The predicted molar refractivity (Wildman–Crippen MR) is 36.7 cm³/mol. The summed E-state index contributed by atoms with van der Waals surface area (Å²) in [5.41, 5.74) is 0. The van der Waals surface area contributed by atoms with E-state index in [-0.39, 0.29) is 5.83 Å². The van der Waals surface area contributed by atoms with Gasteiger partial charge < -0.3 is 0 Å². The van der Waals surface area contributed by atoms with Crippen molar-refractivity contribution in [3.63, 3.8) is 0 Å². The predicted octanol–water partition coefficient (Wildman–Crippen LogP) is 2.68. The third kappa shape index (κ3) is 1.41. The zero-order valence-corrected chi connectivity index (χ0v) is 5.76. The normalized spacial score (nSPS) is 34.3. The summed E-state index contributed by atoms with van der Waals surface area (Å²) in [6, 6.07) is 0. The summed E-state index contributed by atoms with van der Waals surface area (Å²) in [5, 5.41) is 0. The summed E-state index contributed by atoms with van der Waals surface area (Å²) >= 11 is 0. The van der Waals surface area contributed by atoms with E-state index in [2.05, 4.69) is 6.92 Å². The first-order valence-corrected chi connectivity index (χ1v) is 3.25. The van der Waals surface area contributed by atoms with Gasteiger partial charge in [-0.2, -0.15) is 0 Å². The minimum atomic E-state index is -0.0967. The molecule has 0 aromatic carbocycles. The molecule has 0 aromatic heterocycles. The molecule has 1 heteroatoms. The highest BCUT2D eigenvalue weighted by Gasteiger charge is 2.10. The van der Waals surface area contributed by atoms with Crippen molar-refractivity contribution in [2.24, 2.45) is 11.8 Å². The summed E-state index contributed by atoms with van der Waals surface area (Å²) in [5.74, 6) is 0.750. The van der Waals surface area contributed by atoms with Crippen molar-refractivity contribution in [1.29, 1.82) is 0 Å². The van der Waals surface area contributed by atoms with Gasteiger partial charge in [-0.3, -0.25) is 0 Å². The molecule has 0 radical (unpaired) electrons. The molecule has 0 spiro atoms. The lowest BCUT2D eigenvalue weighted by atomic mass is 9.92. The Morgan fingerprint density at radius 1 is 1.33 bits per heavy atom. The Kier molecular flexibility index (Phi) is 1.70. The van der Waals surface area contributed by atoms with Crippen LogP contribution in [-0.4, -0.2) is 0 Å². The summed E-state index contributed by atoms with van der Waals surface area (Å²) in [4.78, 5) is 0. The zero-order chi connectivity index (χ0) is 6.85. The maximum atomic E-state index is 12.4. The molecular formula is C8H11F. The van der Waals surface area contributed by atoms with Crippen molar-refractivity contribution >= 4 is 0 Å². The van der Waals surface area contributed by atoms with Crippen LogP contribution < -0.4 is 0 Å². The molecule has 0 aromatic rings. The van der Waals surface area contributed by atoms with Crippen LogP contribution in [0.1, 0.15) is 13.8 Å². The average molecular weight is 126 g/mol. The molecule has 9 heavy (non-hydrogen) atoms. The van der Waals surface area contributed by atoms with Gasteiger partial charge in [0.15, 0.2) is 0 Å². The van der Waals surface area contributed by atoms with Crippen molar-refractivity contribution < 1.29 is 4.39 Å². The van der Waals surface area contributed by atoms with E-state index < -0.39 is 0 Å². The van der Waals surface area contributed by atoms with Crippen LogP contribution in [0.5, 0.6) is 0 Å². The van der Waals surface area contributed by atoms with Gasteiger partial charge in [0, 0.05) is 0 Å². The van der Waals surface area contributed by atoms with Gasteiger partial charge in [0.2, 0.25) is 0 Å². The topological polar surface area (TPSA) is 0 Å². The van der Waals surface area contributed by atoms with Gasteiger partial charge in [-0.05, 0) is 24.0 Å². The van der Waals surface area contributed by atoms with Crippen molar-refractivity contribution in [1.82, 2.24) is 0 Å². The minimum absolute atomic E-state index is 0.0967. The summed E-state index contributed by atoms with van der Waals surface area (Å²) in [6.45, 7) is 4.11. The lowest BCUT2D eigenvalue weighted by molar-refractivity contribution is 0.520. The fraction of sp³-hybridized carbons (Fsp3) is 0.500. The Balaban J connectivity index is 2.70. The average Bonchev–Trinajstić information content (AvgIpc) is 1.80. The lowest BCUT2D eigenvalue weighted by Crippen LogP contribution is -2.05. The Hall–Kier alpha value is -0.590. The van der Waals surface area contributed by atoms with Crippen molar-refractivity contribution in [2.75, 3.05) is 0 Å². The molecule has 1 aliphatic rings. The van der Waals surface area contributed by atoms with Crippen molar-refractivity contribution in [3.05, 3.63) is 24.1 Å². The largest absolute Gasteiger partial charge is 0.207 e. The second kappa shape index (κ2) is 2.34. The van der Waals surface area contributed by atoms with Gasteiger partial charge in [-0.1, -0.05) is 19.9 Å². The number of hydrogen-bond acceptors (Lipinski definition) is 0. The second-order valence-corrected chi connectivity index (χ2v) is 2.63. The second-order valence-electron chi connectivity index (χ2n) is 2.63. The Labute approximate surface area is 55.1 Å². The fourth-order valence-corrected chi connectivity index (χ4v) is 0.877. The van der Waals surface area contributed by atoms with Gasteiger partial charge in [-0.15, -0.1) is 0 Å². The molecule has 50 valence electrons. The van der Waals surface area contributed by atoms with Crippen molar-refractivity contribution in [2.45, 2.75) is 13.8 Å². The summed E-state index contributed by atoms with van der Waals surface area (Å²) in [7, 11) is 0. The Bertz CT molecular complexity index is 156. The highest BCUT2D eigenvalue weighted by molar-refractivity contribution is 5.18. The van der Waals surface area contributed by atoms with E-state index in [9.17, 15) is 4.39 Å². The van der Waals surface area contributed by atoms with E-state index in [0.29, 0.717) is 11.8 Å². The van der Waals surface area contributed by atoms with E-state index >= 15 is 0 Å². The number of halogens is 1. The fourth-order valence-electron chi connectivity index (χ4n) is 0.877. The van der Waals surface area contributed by atoms with Crippen LogP contribution in [-0.2, 0) is 0 Å². The maximum absolute atomic E-state index is 12.4. The zero-order valence-electron chi connectivity index (χ0n) is 5.76. The van der Waals surface area contributed by atoms with Crippen LogP contribution in [0.15, 0.2) is 24.1 Å². The van der Waals surface area contributed by atoms with Crippen LogP contribution in [0.25, 0.3) is 0 Å². The standard InChI is InChI=1S/C8H11F/c1-6-3-4-8(9)5-7(6)2/h3-7H,1-2H3/t6?,7-/m0/s1. The molecule has 0 saturated heterocycles. The van der Waals surface area contributed by atoms with Gasteiger partial charge in [-0.25, -0.2) is 4.39 Å². The monoisotopic (exact) mass is 126 g/mol. The number of rotatable bonds is 0. The Morgan fingerprint density at radius 3 is 2.44 bits per heavy atom. The number of hydrogen-bond donors (Lipinski definition) is 0. The van der Waals surface area contributed by atoms with Crippen LogP contribution in [0, 0.1) is 11.8 Å². The molecule has 2 atom stereocenters. The van der Waals surface area contributed by atoms with Crippen LogP contribution >= 0.6 is 0 Å². The molecule has 0 saturated carbocycles. The molecule has 0 bridgehead atoms. The molecular weight excluding hydrogens is 115 g/mol. The lowest BCUT2D eigenvalue weighted by Gasteiger charge is -2.14. The summed E-state index contributed by atoms with van der Waals surface area (Å²) in [6.07, 6.45) is 5.09. The van der Waals surface area contributed by atoms with Crippen LogP contribution in [0.4, 0.5) is 4.39 Å². The first-order chi connectivity index (χ1) is 4.20. The third-order valence-corrected chi connectivity index (χ3v) is 1.81. The van der Waals surface area contributed by atoms with Gasteiger partial charge in [0.05, 0.1) is 0 Å². The van der Waals surface area contributed by atoms with Crippen molar-refractivity contribution in [3.8, 4) is 0 Å². The minimum Gasteiger partial charge on any atom is -0.207 e. The third-order valence-electron chi connectivity index (χ3n) is 1.81. The molecule has 0 nitrogen and oxygen atoms in total. The molecule has 0 N–H and O–H groups in total. The summed E-state index contributed by atoms with van der Waals surface area (Å²) < 4.78 is 12.4. The molecule has 1 unspecified atom stereocenters. The highest BCUT2D eigenvalue weighted by Crippen LogP contribution is 2.21. The molecule has 0 aliphatic heterocycles. The molecule has 0 amide bonds. The molecule has 1 rings (SSSR count). The first-order valence-electron chi connectivity index (χ1n) is 3.25. The molecule has 0 fully saturated rings. The van der Waals surface area contributed by atoms with Gasteiger partial charge in [0.1, 0.15) is 5.83 Å². The smallest absolute Gasteiger partial charge is 0.119 e. The van der Waals surface area contributed by atoms with E-state index in [1.807, 2.05) is 13.0 Å². The quantitative estimate of drug-likeness (QED) is 0.468. The van der Waals surface area contributed by atoms with E-state index in [1.54, 1.807) is 6.08 Å². The maximum Gasteiger partial charge on any atom is 0.119 e. The Morgan fingerprint density at radius 2 is 2.00 bits per heavy atom. The number of allylic oxidation sites excluding steroid dienone is 4. The molecule has 1 aliphatic carbocycles. The highest BCUT2D eigenvalue weighted by atomic mass is 19.1. The van der Waals surface area contributed by atoms with Crippen LogP contribution in [0.3, 0.4) is 0 Å². The van der Waals surface area contributed by atoms with Gasteiger partial charge in [0.25, 0.3) is 0 Å². The van der Waals surface area contributed by atoms with Crippen LogP contribution in [0.2, 0.25) is 0 Å².